The number of nitrogens with zero attached hydrogens (tertiary/aromatic N) is 1. The van der Waals surface area contributed by atoms with Crippen LogP contribution in [0.1, 0.15) is 16.8 Å². The molecular formula is C21H21N3O3S. The first kappa shape index (κ1) is 19.7. The Balaban J connectivity index is 1.68. The van der Waals surface area contributed by atoms with E-state index in [1.54, 1.807) is 13.2 Å². The molecule has 0 aliphatic carbocycles. The van der Waals surface area contributed by atoms with E-state index in [0.29, 0.717) is 28.0 Å². The number of hydrogen-bond acceptors (Lipinski definition) is 5. The monoisotopic (exact) mass is 395 g/mol. The van der Waals surface area contributed by atoms with Crippen LogP contribution >= 0.6 is 11.8 Å². The highest BCUT2D eigenvalue weighted by Gasteiger charge is 2.11. The van der Waals surface area contributed by atoms with E-state index in [9.17, 15) is 9.59 Å². The molecule has 28 heavy (non-hydrogen) atoms. The first-order valence-electron chi connectivity index (χ1n) is 8.75. The largest absolute Gasteiger partial charge is 0.495 e. The number of carbonyl (C=O) groups excluding carboxylic acids is 1. The molecule has 1 heterocycles. The van der Waals surface area contributed by atoms with E-state index < -0.39 is 0 Å². The fourth-order valence-corrected chi connectivity index (χ4v) is 3.50. The summed E-state index contributed by atoms with van der Waals surface area (Å²) in [5.74, 6) is 0.998. The smallest absolute Gasteiger partial charge is 0.251 e. The maximum absolute atomic E-state index is 12.4. The van der Waals surface area contributed by atoms with Crippen LogP contribution in [0.25, 0.3) is 0 Å². The van der Waals surface area contributed by atoms with Crippen molar-refractivity contribution in [3.05, 3.63) is 81.8 Å². The average Bonchev–Trinajstić information content (AvgIpc) is 2.67. The summed E-state index contributed by atoms with van der Waals surface area (Å²) >= 11 is 1.42. The number of aryl methyl sites for hydroxylation is 1. The Morgan fingerprint density at radius 3 is 2.71 bits per heavy atom. The summed E-state index contributed by atoms with van der Waals surface area (Å²) in [6.07, 6.45) is -0.0000861. The predicted octanol–water partition coefficient (Wildman–Crippen LogP) is 3.56. The summed E-state index contributed by atoms with van der Waals surface area (Å²) in [6.45, 7) is 1.93. The van der Waals surface area contributed by atoms with Gasteiger partial charge < -0.3 is 15.0 Å². The van der Waals surface area contributed by atoms with Crippen LogP contribution in [-0.2, 0) is 17.0 Å². The maximum Gasteiger partial charge on any atom is 0.251 e. The van der Waals surface area contributed by atoms with Crippen LogP contribution in [0.4, 0.5) is 5.69 Å². The number of nitrogens with one attached hydrogen (secondary N) is 2. The van der Waals surface area contributed by atoms with Gasteiger partial charge in [0.25, 0.3) is 5.56 Å². The number of benzene rings is 2. The molecule has 0 atom stereocenters. The molecule has 0 unspecified atom stereocenters. The Kier molecular flexibility index (Phi) is 6.49. The van der Waals surface area contributed by atoms with Gasteiger partial charge >= 0.3 is 0 Å². The zero-order valence-electron chi connectivity index (χ0n) is 15.7. The summed E-state index contributed by atoms with van der Waals surface area (Å²) < 4.78 is 5.27. The molecule has 7 heteroatoms. The molecule has 6 nitrogen and oxygen atoms in total. The van der Waals surface area contributed by atoms with Gasteiger partial charge in [-0.15, -0.1) is 0 Å². The van der Waals surface area contributed by atoms with Crippen molar-refractivity contribution >= 4 is 23.4 Å². The standard InChI is InChI=1S/C21H21N3O3S/c1-14-8-9-18(27-2)17(10-14)23-19(25)11-16-12-20(26)24-21(22-16)28-13-15-6-4-3-5-7-15/h3-10,12H,11,13H2,1-2H3,(H,23,25)(H,22,24,26). The van der Waals surface area contributed by atoms with Gasteiger partial charge in [-0.1, -0.05) is 48.2 Å². The van der Waals surface area contributed by atoms with Gasteiger partial charge in [0.15, 0.2) is 5.16 Å². The molecule has 0 bridgehead atoms. The van der Waals surface area contributed by atoms with Crippen LogP contribution in [0.5, 0.6) is 5.75 Å². The number of hydrogen-bond donors (Lipinski definition) is 2. The summed E-state index contributed by atoms with van der Waals surface area (Å²) in [6, 6.07) is 16.8. The average molecular weight is 395 g/mol. The van der Waals surface area contributed by atoms with Gasteiger partial charge in [-0.25, -0.2) is 4.98 Å². The number of carbonyl (C=O) groups is 1. The van der Waals surface area contributed by atoms with Crippen molar-refractivity contribution in [3.63, 3.8) is 0 Å². The fourth-order valence-electron chi connectivity index (χ4n) is 2.65. The number of ether oxygens (including phenoxy) is 1. The summed E-state index contributed by atoms with van der Waals surface area (Å²) in [7, 11) is 1.55. The second kappa shape index (κ2) is 9.23. The van der Waals surface area contributed by atoms with Gasteiger partial charge in [-0.2, -0.15) is 0 Å². The van der Waals surface area contributed by atoms with Gasteiger partial charge in [-0.05, 0) is 30.2 Å². The van der Waals surface area contributed by atoms with E-state index >= 15 is 0 Å². The Morgan fingerprint density at radius 2 is 1.96 bits per heavy atom. The van der Waals surface area contributed by atoms with E-state index in [-0.39, 0.29) is 17.9 Å². The van der Waals surface area contributed by atoms with Crippen molar-refractivity contribution in [2.75, 3.05) is 12.4 Å². The second-order valence-electron chi connectivity index (χ2n) is 6.24. The van der Waals surface area contributed by atoms with Crippen molar-refractivity contribution in [2.45, 2.75) is 24.3 Å². The summed E-state index contributed by atoms with van der Waals surface area (Å²) in [5.41, 5.74) is 2.87. The van der Waals surface area contributed by atoms with Crippen LogP contribution in [0.15, 0.2) is 64.5 Å². The predicted molar refractivity (Wildman–Crippen MR) is 111 cm³/mol. The lowest BCUT2D eigenvalue weighted by molar-refractivity contribution is -0.115. The minimum absolute atomic E-state index is 0.0000861. The lowest BCUT2D eigenvalue weighted by Crippen LogP contribution is -2.18. The third-order valence-electron chi connectivity index (χ3n) is 3.96. The number of methoxy groups -OCH3 is 1. The molecule has 0 saturated carbocycles. The van der Waals surface area contributed by atoms with Crippen LogP contribution in [0.3, 0.4) is 0 Å². The summed E-state index contributed by atoms with van der Waals surface area (Å²) in [5, 5.41) is 3.32. The molecule has 0 aliphatic heterocycles. The molecule has 2 aromatic carbocycles. The molecule has 144 valence electrons. The SMILES string of the molecule is COc1ccc(C)cc1NC(=O)Cc1cc(=O)[nH]c(SCc2ccccc2)n1. The first-order valence-corrected chi connectivity index (χ1v) is 9.73. The Hall–Kier alpha value is -3.06. The third-order valence-corrected chi connectivity index (χ3v) is 4.91. The number of rotatable bonds is 7. The van der Waals surface area contributed by atoms with Gasteiger partial charge in [0, 0.05) is 11.8 Å². The van der Waals surface area contributed by atoms with Crippen LogP contribution in [0, 0.1) is 6.92 Å². The minimum atomic E-state index is -0.276. The van der Waals surface area contributed by atoms with Crippen molar-refractivity contribution in [2.24, 2.45) is 0 Å². The van der Waals surface area contributed by atoms with E-state index in [2.05, 4.69) is 15.3 Å². The molecule has 2 N–H and O–H groups in total. The second-order valence-corrected chi connectivity index (χ2v) is 7.21. The van der Waals surface area contributed by atoms with E-state index in [0.717, 1.165) is 11.1 Å². The highest BCUT2D eigenvalue weighted by molar-refractivity contribution is 7.98. The molecule has 1 amide bonds. The van der Waals surface area contributed by atoms with E-state index in [1.807, 2.05) is 49.4 Å². The lowest BCUT2D eigenvalue weighted by Gasteiger charge is -2.11. The van der Waals surface area contributed by atoms with Crippen LogP contribution in [-0.4, -0.2) is 23.0 Å². The van der Waals surface area contributed by atoms with E-state index in [4.69, 9.17) is 4.74 Å². The van der Waals surface area contributed by atoms with Gasteiger partial charge in [0.05, 0.1) is 24.9 Å². The molecule has 0 spiro atoms. The quantitative estimate of drug-likeness (QED) is 0.472. The maximum atomic E-state index is 12.4. The van der Waals surface area contributed by atoms with Gasteiger partial charge in [-0.3, -0.25) is 9.59 Å². The Bertz CT molecular complexity index is 1020. The zero-order chi connectivity index (χ0) is 19.9. The lowest BCUT2D eigenvalue weighted by atomic mass is 10.2. The number of aromatic amines is 1. The van der Waals surface area contributed by atoms with Crippen molar-refractivity contribution in [1.29, 1.82) is 0 Å². The van der Waals surface area contributed by atoms with Gasteiger partial charge in [0.1, 0.15) is 5.75 Å². The van der Waals surface area contributed by atoms with Crippen molar-refractivity contribution in [1.82, 2.24) is 9.97 Å². The minimum Gasteiger partial charge on any atom is -0.495 e. The highest BCUT2D eigenvalue weighted by Crippen LogP contribution is 2.25. The molecule has 0 saturated heterocycles. The number of anilines is 1. The van der Waals surface area contributed by atoms with Crippen molar-refractivity contribution < 1.29 is 9.53 Å². The molecular weight excluding hydrogens is 374 g/mol. The Labute approximate surface area is 167 Å². The normalized spacial score (nSPS) is 10.5. The number of thioether (sulfide) groups is 1. The summed E-state index contributed by atoms with van der Waals surface area (Å²) in [4.78, 5) is 31.5. The topological polar surface area (TPSA) is 84.1 Å². The van der Waals surface area contributed by atoms with Crippen LogP contribution < -0.4 is 15.6 Å². The van der Waals surface area contributed by atoms with E-state index in [1.165, 1.54) is 17.8 Å². The van der Waals surface area contributed by atoms with Crippen LogP contribution in [0.2, 0.25) is 0 Å². The zero-order valence-corrected chi connectivity index (χ0v) is 16.5. The number of amides is 1. The number of H-pyrrole nitrogens is 1. The molecule has 0 fully saturated rings. The fraction of sp³-hybridized carbons (Fsp3) is 0.190. The molecule has 0 radical (unpaired) electrons. The van der Waals surface area contributed by atoms with Gasteiger partial charge in [0.2, 0.25) is 5.91 Å². The number of aromatic nitrogens is 2. The molecule has 1 aromatic heterocycles. The Morgan fingerprint density at radius 1 is 1.18 bits per heavy atom. The third kappa shape index (κ3) is 5.47. The molecule has 3 aromatic rings. The molecule has 0 aliphatic rings. The first-order chi connectivity index (χ1) is 13.5. The molecule has 3 rings (SSSR count). The highest BCUT2D eigenvalue weighted by atomic mass is 32.2. The van der Waals surface area contributed by atoms with Crippen molar-refractivity contribution in [3.8, 4) is 5.75 Å².